The summed E-state index contributed by atoms with van der Waals surface area (Å²) in [7, 11) is 1.83. The van der Waals surface area contributed by atoms with Gasteiger partial charge >= 0.3 is 0 Å². The highest BCUT2D eigenvalue weighted by Crippen LogP contribution is 1.92. The van der Waals surface area contributed by atoms with E-state index in [1.807, 2.05) is 14.0 Å². The standard InChI is InChI=1S/C11H24N2O2/c1-4-6-8-13(3)11(14)10-15-9-7-12-5-2/h12H,4-10H2,1-3H3. The van der Waals surface area contributed by atoms with Gasteiger partial charge in [0.2, 0.25) is 5.91 Å². The number of carbonyl (C=O) groups excluding carboxylic acids is 1. The van der Waals surface area contributed by atoms with Crippen molar-refractivity contribution in [1.29, 1.82) is 0 Å². The van der Waals surface area contributed by atoms with Gasteiger partial charge in [-0.1, -0.05) is 20.3 Å². The highest BCUT2D eigenvalue weighted by Gasteiger charge is 2.07. The molecule has 0 aliphatic carbocycles. The van der Waals surface area contributed by atoms with Crippen LogP contribution in [0.1, 0.15) is 26.7 Å². The highest BCUT2D eigenvalue weighted by molar-refractivity contribution is 5.77. The maximum Gasteiger partial charge on any atom is 0.248 e. The third-order valence-electron chi connectivity index (χ3n) is 2.17. The number of nitrogens with one attached hydrogen (secondary N) is 1. The van der Waals surface area contributed by atoms with Gasteiger partial charge in [0.05, 0.1) is 6.61 Å². The second kappa shape index (κ2) is 9.93. The van der Waals surface area contributed by atoms with Gasteiger partial charge in [-0.3, -0.25) is 4.79 Å². The summed E-state index contributed by atoms with van der Waals surface area (Å²) in [5, 5.41) is 3.14. The zero-order valence-corrected chi connectivity index (χ0v) is 10.2. The molecular weight excluding hydrogens is 192 g/mol. The van der Waals surface area contributed by atoms with E-state index in [-0.39, 0.29) is 12.5 Å². The Balaban J connectivity index is 3.38. The van der Waals surface area contributed by atoms with Gasteiger partial charge in [-0.15, -0.1) is 0 Å². The van der Waals surface area contributed by atoms with Crippen molar-refractivity contribution in [3.8, 4) is 0 Å². The molecule has 0 aliphatic rings. The first-order valence-corrected chi connectivity index (χ1v) is 5.74. The Bertz CT molecular complexity index is 163. The van der Waals surface area contributed by atoms with Crippen molar-refractivity contribution >= 4 is 5.91 Å². The van der Waals surface area contributed by atoms with Crippen molar-refractivity contribution in [2.24, 2.45) is 0 Å². The van der Waals surface area contributed by atoms with Crippen LogP contribution in [0.3, 0.4) is 0 Å². The third-order valence-corrected chi connectivity index (χ3v) is 2.17. The molecule has 0 spiro atoms. The van der Waals surface area contributed by atoms with Crippen LogP contribution in [0.5, 0.6) is 0 Å². The third kappa shape index (κ3) is 8.39. The Labute approximate surface area is 93.0 Å². The fourth-order valence-electron chi connectivity index (χ4n) is 1.11. The van der Waals surface area contributed by atoms with Gasteiger partial charge in [-0.05, 0) is 13.0 Å². The van der Waals surface area contributed by atoms with Gasteiger partial charge in [-0.2, -0.15) is 0 Å². The van der Waals surface area contributed by atoms with Crippen LogP contribution in [-0.2, 0) is 9.53 Å². The quantitative estimate of drug-likeness (QED) is 0.582. The van der Waals surface area contributed by atoms with Gasteiger partial charge in [0, 0.05) is 20.1 Å². The number of nitrogens with zero attached hydrogens (tertiary/aromatic N) is 1. The lowest BCUT2D eigenvalue weighted by Crippen LogP contribution is -2.32. The van der Waals surface area contributed by atoms with Crippen molar-refractivity contribution in [3.63, 3.8) is 0 Å². The number of amides is 1. The second-order valence-corrected chi connectivity index (χ2v) is 3.57. The van der Waals surface area contributed by atoms with E-state index in [2.05, 4.69) is 12.2 Å². The molecule has 0 saturated heterocycles. The van der Waals surface area contributed by atoms with Crippen LogP contribution in [0, 0.1) is 0 Å². The normalized spacial score (nSPS) is 10.3. The van der Waals surface area contributed by atoms with Gasteiger partial charge in [-0.25, -0.2) is 0 Å². The highest BCUT2D eigenvalue weighted by atomic mass is 16.5. The minimum absolute atomic E-state index is 0.0694. The molecule has 4 nitrogen and oxygen atoms in total. The average Bonchev–Trinajstić information content (AvgIpc) is 2.25. The number of hydrogen-bond donors (Lipinski definition) is 1. The van der Waals surface area contributed by atoms with E-state index < -0.39 is 0 Å². The van der Waals surface area contributed by atoms with E-state index >= 15 is 0 Å². The van der Waals surface area contributed by atoms with E-state index in [9.17, 15) is 4.79 Å². The molecule has 15 heavy (non-hydrogen) atoms. The fraction of sp³-hybridized carbons (Fsp3) is 0.909. The molecular formula is C11H24N2O2. The van der Waals surface area contributed by atoms with Crippen LogP contribution in [0.2, 0.25) is 0 Å². The van der Waals surface area contributed by atoms with Crippen LogP contribution in [-0.4, -0.2) is 50.7 Å². The SMILES string of the molecule is CCCCN(C)C(=O)COCCNCC. The smallest absolute Gasteiger partial charge is 0.248 e. The molecule has 0 unspecified atom stereocenters. The molecule has 90 valence electrons. The molecule has 0 aromatic rings. The minimum atomic E-state index is 0.0694. The molecule has 0 rings (SSSR count). The predicted molar refractivity (Wildman–Crippen MR) is 61.9 cm³/mol. The fourth-order valence-corrected chi connectivity index (χ4v) is 1.11. The van der Waals surface area contributed by atoms with Gasteiger partial charge in [0.1, 0.15) is 6.61 Å². The number of ether oxygens (including phenoxy) is 1. The zero-order valence-electron chi connectivity index (χ0n) is 10.2. The molecule has 0 bridgehead atoms. The van der Waals surface area contributed by atoms with E-state index in [4.69, 9.17) is 4.74 Å². The van der Waals surface area contributed by atoms with Crippen LogP contribution in [0.25, 0.3) is 0 Å². The Morgan fingerprint density at radius 3 is 2.73 bits per heavy atom. The summed E-state index contributed by atoms with van der Waals surface area (Å²) in [6, 6.07) is 0. The monoisotopic (exact) mass is 216 g/mol. The van der Waals surface area contributed by atoms with E-state index in [0.29, 0.717) is 6.61 Å². The van der Waals surface area contributed by atoms with Crippen LogP contribution in [0.4, 0.5) is 0 Å². The first-order chi connectivity index (χ1) is 7.22. The van der Waals surface area contributed by atoms with Gasteiger partial charge < -0.3 is 15.0 Å². The van der Waals surface area contributed by atoms with Crippen molar-refractivity contribution in [3.05, 3.63) is 0 Å². The molecule has 1 N–H and O–H groups in total. The molecule has 0 fully saturated rings. The number of carbonyl (C=O) groups is 1. The summed E-state index contributed by atoms with van der Waals surface area (Å²) < 4.78 is 5.24. The number of hydrogen-bond acceptors (Lipinski definition) is 3. The molecule has 0 radical (unpaired) electrons. The maximum atomic E-state index is 11.5. The molecule has 0 aromatic heterocycles. The van der Waals surface area contributed by atoms with Crippen molar-refractivity contribution in [2.75, 3.05) is 39.9 Å². The molecule has 0 heterocycles. The largest absolute Gasteiger partial charge is 0.370 e. The first-order valence-electron chi connectivity index (χ1n) is 5.74. The zero-order chi connectivity index (χ0) is 11.5. The predicted octanol–water partition coefficient (Wildman–Crippen LogP) is 0.871. The van der Waals surface area contributed by atoms with Crippen LogP contribution >= 0.6 is 0 Å². The van der Waals surface area contributed by atoms with Crippen LogP contribution in [0.15, 0.2) is 0 Å². The summed E-state index contributed by atoms with van der Waals surface area (Å²) in [6.45, 7) is 7.53. The van der Waals surface area contributed by atoms with Gasteiger partial charge in [0.25, 0.3) is 0 Å². The molecule has 0 aromatic carbocycles. The summed E-state index contributed by atoms with van der Waals surface area (Å²) in [4.78, 5) is 13.2. The number of unbranched alkanes of at least 4 members (excludes halogenated alkanes) is 1. The molecule has 4 heteroatoms. The van der Waals surface area contributed by atoms with Gasteiger partial charge in [0.15, 0.2) is 0 Å². The Hall–Kier alpha value is -0.610. The van der Waals surface area contributed by atoms with Crippen LogP contribution < -0.4 is 5.32 Å². The first kappa shape index (κ1) is 14.4. The minimum Gasteiger partial charge on any atom is -0.370 e. The lowest BCUT2D eigenvalue weighted by molar-refractivity contribution is -0.134. The van der Waals surface area contributed by atoms with E-state index in [1.165, 1.54) is 0 Å². The average molecular weight is 216 g/mol. The summed E-state index contributed by atoms with van der Waals surface area (Å²) in [6.07, 6.45) is 2.17. The lowest BCUT2D eigenvalue weighted by Gasteiger charge is -2.16. The van der Waals surface area contributed by atoms with Crippen molar-refractivity contribution in [1.82, 2.24) is 10.2 Å². The summed E-state index contributed by atoms with van der Waals surface area (Å²) in [5.41, 5.74) is 0. The molecule has 0 aliphatic heterocycles. The van der Waals surface area contributed by atoms with E-state index in [0.717, 1.165) is 32.5 Å². The number of rotatable bonds is 9. The van der Waals surface area contributed by atoms with Crippen molar-refractivity contribution < 1.29 is 9.53 Å². The Morgan fingerprint density at radius 1 is 1.40 bits per heavy atom. The molecule has 0 atom stereocenters. The lowest BCUT2D eigenvalue weighted by atomic mass is 10.3. The number of likely N-dealkylation sites (N-methyl/N-ethyl adjacent to an activating group) is 2. The topological polar surface area (TPSA) is 41.6 Å². The Kier molecular flexibility index (Phi) is 9.52. The second-order valence-electron chi connectivity index (χ2n) is 3.57. The van der Waals surface area contributed by atoms with Crippen molar-refractivity contribution in [2.45, 2.75) is 26.7 Å². The van der Waals surface area contributed by atoms with E-state index in [1.54, 1.807) is 4.90 Å². The molecule has 1 amide bonds. The maximum absolute atomic E-state index is 11.5. The Morgan fingerprint density at radius 2 is 2.13 bits per heavy atom. The summed E-state index contributed by atoms with van der Waals surface area (Å²) >= 11 is 0. The molecule has 0 saturated carbocycles. The summed E-state index contributed by atoms with van der Waals surface area (Å²) in [5.74, 6) is 0.0694.